The van der Waals surface area contributed by atoms with E-state index in [1.54, 1.807) is 0 Å². The third-order valence-electron chi connectivity index (χ3n) is 3.31. The van der Waals surface area contributed by atoms with Gasteiger partial charge >= 0.3 is 0 Å². The molecule has 0 saturated heterocycles. The number of aromatic nitrogens is 1. The maximum atomic E-state index is 12.1. The van der Waals surface area contributed by atoms with Crippen molar-refractivity contribution >= 4 is 10.9 Å². The molecular formula is C17H21NO2. The summed E-state index contributed by atoms with van der Waals surface area (Å²) < 4.78 is 5.79. The molecule has 0 spiro atoms. The molecule has 1 N–H and O–H groups in total. The van der Waals surface area contributed by atoms with Gasteiger partial charge in [-0.05, 0) is 43.0 Å². The van der Waals surface area contributed by atoms with E-state index in [9.17, 15) is 4.79 Å². The molecule has 3 heteroatoms. The number of hydrogen-bond donors (Lipinski definition) is 1. The van der Waals surface area contributed by atoms with Crippen LogP contribution in [0.3, 0.4) is 0 Å². The lowest BCUT2D eigenvalue weighted by Gasteiger charge is -2.13. The number of hydrogen-bond acceptors (Lipinski definition) is 2. The van der Waals surface area contributed by atoms with Gasteiger partial charge in [0.25, 0.3) is 5.56 Å². The zero-order valence-electron chi connectivity index (χ0n) is 12.5. The number of nitrogens with one attached hydrogen (secondary N) is 1. The summed E-state index contributed by atoms with van der Waals surface area (Å²) in [5.74, 6) is 0.962. The summed E-state index contributed by atoms with van der Waals surface area (Å²) in [5, 5.41) is 0.953. The Kier molecular flexibility index (Phi) is 3.98. The summed E-state index contributed by atoms with van der Waals surface area (Å²) in [6.45, 7) is 12.3. The number of rotatable bonds is 4. The monoisotopic (exact) mass is 271 g/mol. The molecule has 0 radical (unpaired) electrons. The van der Waals surface area contributed by atoms with Crippen LogP contribution in [0.5, 0.6) is 5.75 Å². The van der Waals surface area contributed by atoms with Crippen molar-refractivity contribution in [2.45, 2.75) is 33.6 Å². The van der Waals surface area contributed by atoms with Gasteiger partial charge in [0.2, 0.25) is 0 Å². The predicted molar refractivity (Wildman–Crippen MR) is 83.7 cm³/mol. The summed E-state index contributed by atoms with van der Waals surface area (Å²) in [6, 6.07) is 5.85. The molecule has 0 unspecified atom stereocenters. The zero-order chi connectivity index (χ0) is 14.9. The van der Waals surface area contributed by atoms with E-state index < -0.39 is 0 Å². The Hall–Kier alpha value is -2.03. The average Bonchev–Trinajstić information content (AvgIpc) is 2.37. The van der Waals surface area contributed by atoms with E-state index in [-0.39, 0.29) is 11.5 Å². The van der Waals surface area contributed by atoms with Crippen LogP contribution in [0.1, 0.15) is 37.8 Å². The largest absolute Gasteiger partial charge is 0.489 e. The first-order valence-corrected chi connectivity index (χ1v) is 6.84. The van der Waals surface area contributed by atoms with Crippen LogP contribution in [0.25, 0.3) is 10.9 Å². The fourth-order valence-corrected chi connectivity index (χ4v) is 2.18. The van der Waals surface area contributed by atoms with Gasteiger partial charge in [0.1, 0.15) is 12.4 Å². The van der Waals surface area contributed by atoms with E-state index in [1.807, 2.05) is 45.9 Å². The second-order valence-corrected chi connectivity index (χ2v) is 5.62. The highest BCUT2D eigenvalue weighted by molar-refractivity contribution is 5.88. The molecule has 3 nitrogen and oxygen atoms in total. The van der Waals surface area contributed by atoms with Crippen LogP contribution in [-0.2, 0) is 0 Å². The molecule has 2 rings (SSSR count). The van der Waals surface area contributed by atoms with E-state index in [0.29, 0.717) is 6.61 Å². The number of fused-ring (bicyclic) bond motifs is 1. The minimum Gasteiger partial charge on any atom is -0.489 e. The van der Waals surface area contributed by atoms with Gasteiger partial charge in [0.05, 0.1) is 5.52 Å². The SMILES string of the molecule is C=C(C)COc1ccc(C)c2[nH]c(=O)c(C(C)C)cc12. The van der Waals surface area contributed by atoms with E-state index in [2.05, 4.69) is 11.6 Å². The Bertz CT molecular complexity index is 711. The van der Waals surface area contributed by atoms with E-state index in [1.165, 1.54) is 0 Å². The van der Waals surface area contributed by atoms with E-state index in [0.717, 1.165) is 33.4 Å². The summed E-state index contributed by atoms with van der Waals surface area (Å²) in [7, 11) is 0. The Balaban J connectivity index is 2.64. The van der Waals surface area contributed by atoms with E-state index in [4.69, 9.17) is 4.74 Å². The van der Waals surface area contributed by atoms with Crippen molar-refractivity contribution in [2.24, 2.45) is 0 Å². The highest BCUT2D eigenvalue weighted by atomic mass is 16.5. The maximum Gasteiger partial charge on any atom is 0.251 e. The van der Waals surface area contributed by atoms with Crippen molar-refractivity contribution in [3.05, 3.63) is 51.8 Å². The number of benzene rings is 1. The van der Waals surface area contributed by atoms with Crippen molar-refractivity contribution in [2.75, 3.05) is 6.61 Å². The molecule has 2 aromatic rings. The van der Waals surface area contributed by atoms with Crippen LogP contribution in [0.2, 0.25) is 0 Å². The maximum absolute atomic E-state index is 12.1. The minimum atomic E-state index is -0.0207. The van der Waals surface area contributed by atoms with Crippen LogP contribution in [-0.4, -0.2) is 11.6 Å². The zero-order valence-corrected chi connectivity index (χ0v) is 12.5. The number of pyridine rings is 1. The van der Waals surface area contributed by atoms with E-state index >= 15 is 0 Å². The van der Waals surface area contributed by atoms with Gasteiger partial charge in [0.15, 0.2) is 0 Å². The van der Waals surface area contributed by atoms with Crippen LogP contribution >= 0.6 is 0 Å². The van der Waals surface area contributed by atoms with Gasteiger partial charge in [-0.15, -0.1) is 0 Å². The molecule has 0 amide bonds. The van der Waals surface area contributed by atoms with Crippen molar-refractivity contribution in [1.82, 2.24) is 4.98 Å². The molecule has 0 aliphatic rings. The van der Waals surface area contributed by atoms with Crippen molar-refractivity contribution in [3.63, 3.8) is 0 Å². The molecule has 0 fully saturated rings. The third-order valence-corrected chi connectivity index (χ3v) is 3.31. The Morgan fingerprint density at radius 1 is 1.40 bits per heavy atom. The molecule has 1 aromatic carbocycles. The van der Waals surface area contributed by atoms with Gasteiger partial charge in [0, 0.05) is 10.9 Å². The summed E-state index contributed by atoms with van der Waals surface area (Å²) in [5.41, 5.74) is 3.61. The molecule has 0 bridgehead atoms. The second-order valence-electron chi connectivity index (χ2n) is 5.62. The van der Waals surface area contributed by atoms with Crippen LogP contribution in [0, 0.1) is 6.92 Å². The fourth-order valence-electron chi connectivity index (χ4n) is 2.18. The van der Waals surface area contributed by atoms with Crippen molar-refractivity contribution < 1.29 is 4.74 Å². The quantitative estimate of drug-likeness (QED) is 0.856. The number of ether oxygens (including phenoxy) is 1. The first-order valence-electron chi connectivity index (χ1n) is 6.84. The fraction of sp³-hybridized carbons (Fsp3) is 0.353. The Morgan fingerprint density at radius 3 is 2.70 bits per heavy atom. The molecule has 20 heavy (non-hydrogen) atoms. The molecule has 0 aliphatic heterocycles. The van der Waals surface area contributed by atoms with Gasteiger partial charge in [-0.2, -0.15) is 0 Å². The summed E-state index contributed by atoms with van der Waals surface area (Å²) in [4.78, 5) is 15.1. The van der Waals surface area contributed by atoms with Crippen LogP contribution < -0.4 is 10.3 Å². The molecule has 106 valence electrons. The average molecular weight is 271 g/mol. The van der Waals surface area contributed by atoms with Gasteiger partial charge in [-0.3, -0.25) is 4.79 Å². The van der Waals surface area contributed by atoms with Gasteiger partial charge in [-0.25, -0.2) is 0 Å². The molecule has 0 saturated carbocycles. The highest BCUT2D eigenvalue weighted by Crippen LogP contribution is 2.28. The Labute approximate surface area is 119 Å². The topological polar surface area (TPSA) is 42.1 Å². The predicted octanol–water partition coefficient (Wildman–Crippen LogP) is 3.91. The number of aromatic amines is 1. The number of aryl methyl sites for hydroxylation is 1. The lowest BCUT2D eigenvalue weighted by Crippen LogP contribution is -2.14. The van der Waals surface area contributed by atoms with Crippen LogP contribution in [0.15, 0.2) is 35.1 Å². The summed E-state index contributed by atoms with van der Waals surface area (Å²) >= 11 is 0. The molecule has 0 atom stereocenters. The lowest BCUT2D eigenvalue weighted by molar-refractivity contribution is 0.357. The van der Waals surface area contributed by atoms with Crippen molar-refractivity contribution in [1.29, 1.82) is 0 Å². The third kappa shape index (κ3) is 2.77. The second kappa shape index (κ2) is 5.53. The highest BCUT2D eigenvalue weighted by Gasteiger charge is 2.11. The molecule has 1 heterocycles. The normalized spacial score (nSPS) is 11.1. The van der Waals surface area contributed by atoms with Gasteiger partial charge in [-0.1, -0.05) is 26.5 Å². The summed E-state index contributed by atoms with van der Waals surface area (Å²) in [6.07, 6.45) is 0. The molecule has 1 aromatic heterocycles. The smallest absolute Gasteiger partial charge is 0.251 e. The first-order chi connectivity index (χ1) is 9.40. The number of H-pyrrole nitrogens is 1. The molecular weight excluding hydrogens is 250 g/mol. The lowest BCUT2D eigenvalue weighted by atomic mass is 10.0. The first kappa shape index (κ1) is 14.4. The van der Waals surface area contributed by atoms with Gasteiger partial charge < -0.3 is 9.72 Å². The standard InChI is InChI=1S/C17H21NO2/c1-10(2)9-20-15-7-6-12(5)16-14(15)8-13(11(3)4)17(19)18-16/h6-8,11H,1,9H2,2-5H3,(H,18,19). The molecule has 0 aliphatic carbocycles. The minimum absolute atomic E-state index is 0.0207. The van der Waals surface area contributed by atoms with Crippen LogP contribution in [0.4, 0.5) is 0 Å². The Morgan fingerprint density at radius 2 is 2.10 bits per heavy atom. The van der Waals surface area contributed by atoms with Crippen molar-refractivity contribution in [3.8, 4) is 5.75 Å².